The zero-order valence-electron chi connectivity index (χ0n) is 8.95. The standard InChI is InChI=1S/C9H21O3P/c1-8(7-9(2,3)4)5-6-12-13(10)11/h8,10-11H,5-7H2,1-4H3. The average molecular weight is 208 g/mol. The molecule has 0 heterocycles. The molecule has 0 radical (unpaired) electrons. The van der Waals surface area contributed by atoms with Crippen LogP contribution in [0.4, 0.5) is 0 Å². The van der Waals surface area contributed by atoms with E-state index in [1.54, 1.807) is 0 Å². The van der Waals surface area contributed by atoms with Gasteiger partial charge in [0.15, 0.2) is 0 Å². The van der Waals surface area contributed by atoms with E-state index >= 15 is 0 Å². The molecule has 80 valence electrons. The molecule has 0 aliphatic rings. The molecule has 0 aromatic rings. The van der Waals surface area contributed by atoms with E-state index in [4.69, 9.17) is 14.3 Å². The van der Waals surface area contributed by atoms with Crippen molar-refractivity contribution in [1.82, 2.24) is 0 Å². The van der Waals surface area contributed by atoms with Gasteiger partial charge in [0.2, 0.25) is 0 Å². The second-order valence-electron chi connectivity index (χ2n) is 4.74. The Kier molecular flexibility index (Phi) is 6.06. The van der Waals surface area contributed by atoms with Gasteiger partial charge in [0.1, 0.15) is 0 Å². The van der Waals surface area contributed by atoms with E-state index < -0.39 is 8.60 Å². The van der Waals surface area contributed by atoms with Crippen LogP contribution in [0, 0.1) is 11.3 Å². The number of rotatable bonds is 5. The average Bonchev–Trinajstić information content (AvgIpc) is 1.81. The maximum Gasteiger partial charge on any atom is 0.327 e. The van der Waals surface area contributed by atoms with Crippen molar-refractivity contribution in [1.29, 1.82) is 0 Å². The lowest BCUT2D eigenvalue weighted by molar-refractivity contribution is 0.215. The van der Waals surface area contributed by atoms with Gasteiger partial charge in [0.05, 0.1) is 6.61 Å². The predicted octanol–water partition coefficient (Wildman–Crippen LogP) is 2.68. The highest BCUT2D eigenvalue weighted by Gasteiger charge is 2.15. The van der Waals surface area contributed by atoms with Crippen LogP contribution in [0.3, 0.4) is 0 Å². The van der Waals surface area contributed by atoms with Gasteiger partial charge in [0, 0.05) is 0 Å². The Bertz CT molecular complexity index is 131. The van der Waals surface area contributed by atoms with E-state index in [1.165, 1.54) is 0 Å². The first-order valence-electron chi connectivity index (χ1n) is 4.62. The van der Waals surface area contributed by atoms with Gasteiger partial charge in [-0.2, -0.15) is 0 Å². The molecule has 0 fully saturated rings. The lowest BCUT2D eigenvalue weighted by atomic mass is 9.84. The molecule has 0 aromatic heterocycles. The van der Waals surface area contributed by atoms with Crippen LogP contribution in [0.5, 0.6) is 0 Å². The molecule has 0 rings (SSSR count). The molecule has 0 saturated heterocycles. The fraction of sp³-hybridized carbons (Fsp3) is 1.00. The minimum absolute atomic E-state index is 0.336. The van der Waals surface area contributed by atoms with Crippen molar-refractivity contribution in [3.05, 3.63) is 0 Å². The Balaban J connectivity index is 3.46. The van der Waals surface area contributed by atoms with Crippen LogP contribution in [0.2, 0.25) is 0 Å². The van der Waals surface area contributed by atoms with Gasteiger partial charge >= 0.3 is 8.60 Å². The molecule has 3 nitrogen and oxygen atoms in total. The molecule has 4 heteroatoms. The summed E-state index contributed by atoms with van der Waals surface area (Å²) in [5.41, 5.74) is 0.336. The van der Waals surface area contributed by atoms with Crippen molar-refractivity contribution in [2.24, 2.45) is 11.3 Å². The third-order valence-electron chi connectivity index (χ3n) is 1.78. The molecule has 0 saturated carbocycles. The summed E-state index contributed by atoms with van der Waals surface area (Å²) < 4.78 is 4.70. The molecule has 0 aliphatic heterocycles. The fourth-order valence-corrected chi connectivity index (χ4v) is 1.75. The molecular formula is C9H21O3P. The van der Waals surface area contributed by atoms with Crippen molar-refractivity contribution in [2.75, 3.05) is 6.61 Å². The van der Waals surface area contributed by atoms with E-state index in [0.717, 1.165) is 12.8 Å². The molecular weight excluding hydrogens is 187 g/mol. The second kappa shape index (κ2) is 5.92. The Morgan fingerprint density at radius 2 is 1.85 bits per heavy atom. The third-order valence-corrected chi connectivity index (χ3v) is 2.19. The van der Waals surface area contributed by atoms with E-state index in [-0.39, 0.29) is 0 Å². The Morgan fingerprint density at radius 3 is 2.23 bits per heavy atom. The van der Waals surface area contributed by atoms with E-state index in [1.807, 2.05) is 0 Å². The van der Waals surface area contributed by atoms with E-state index in [9.17, 15) is 0 Å². The SMILES string of the molecule is CC(CCOP(O)O)CC(C)(C)C. The van der Waals surface area contributed by atoms with Crippen molar-refractivity contribution in [3.8, 4) is 0 Å². The topological polar surface area (TPSA) is 49.7 Å². The van der Waals surface area contributed by atoms with Gasteiger partial charge in [-0.05, 0) is 24.2 Å². The van der Waals surface area contributed by atoms with Crippen LogP contribution >= 0.6 is 8.60 Å². The van der Waals surface area contributed by atoms with Crippen LogP contribution < -0.4 is 0 Å². The highest BCUT2D eigenvalue weighted by molar-refractivity contribution is 7.39. The zero-order chi connectivity index (χ0) is 10.5. The molecule has 0 amide bonds. The Morgan fingerprint density at radius 1 is 1.31 bits per heavy atom. The Labute approximate surface area is 82.1 Å². The highest BCUT2D eigenvalue weighted by Crippen LogP contribution is 2.28. The minimum Gasteiger partial charge on any atom is -0.328 e. The summed E-state index contributed by atoms with van der Waals surface area (Å²) in [6.45, 7) is 9.21. The van der Waals surface area contributed by atoms with Gasteiger partial charge in [-0.1, -0.05) is 27.7 Å². The molecule has 0 aliphatic carbocycles. The molecule has 0 aromatic carbocycles. The van der Waals surface area contributed by atoms with Gasteiger partial charge in [-0.25, -0.2) is 0 Å². The van der Waals surface area contributed by atoms with Crippen molar-refractivity contribution in [2.45, 2.75) is 40.5 Å². The quantitative estimate of drug-likeness (QED) is 0.683. The Hall–Kier alpha value is 0.310. The van der Waals surface area contributed by atoms with Gasteiger partial charge in [-0.15, -0.1) is 0 Å². The molecule has 1 unspecified atom stereocenters. The van der Waals surface area contributed by atoms with E-state index in [0.29, 0.717) is 17.9 Å². The zero-order valence-corrected chi connectivity index (χ0v) is 9.84. The van der Waals surface area contributed by atoms with Crippen molar-refractivity contribution >= 4 is 8.60 Å². The first-order valence-corrected chi connectivity index (χ1v) is 5.78. The van der Waals surface area contributed by atoms with Crippen LogP contribution in [0.25, 0.3) is 0 Å². The monoisotopic (exact) mass is 208 g/mol. The van der Waals surface area contributed by atoms with Crippen LogP contribution in [0.1, 0.15) is 40.5 Å². The summed E-state index contributed by atoms with van der Waals surface area (Å²) >= 11 is 0. The summed E-state index contributed by atoms with van der Waals surface area (Å²) in [7, 11) is -2.16. The first kappa shape index (κ1) is 13.3. The molecule has 0 bridgehead atoms. The molecule has 13 heavy (non-hydrogen) atoms. The summed E-state index contributed by atoms with van der Waals surface area (Å²) in [4.78, 5) is 17.0. The smallest absolute Gasteiger partial charge is 0.327 e. The molecule has 0 spiro atoms. The van der Waals surface area contributed by atoms with Crippen LogP contribution in [0.15, 0.2) is 0 Å². The minimum atomic E-state index is -2.16. The second-order valence-corrected chi connectivity index (χ2v) is 5.51. The molecule has 1 atom stereocenters. The van der Waals surface area contributed by atoms with E-state index in [2.05, 4.69) is 27.7 Å². The summed E-state index contributed by atoms with van der Waals surface area (Å²) in [6.07, 6.45) is 2.02. The number of hydrogen-bond acceptors (Lipinski definition) is 3. The largest absolute Gasteiger partial charge is 0.328 e. The normalized spacial score (nSPS) is 15.0. The maximum absolute atomic E-state index is 8.50. The lowest BCUT2D eigenvalue weighted by Crippen LogP contribution is -2.12. The summed E-state index contributed by atoms with van der Waals surface area (Å²) in [5, 5.41) is 0. The van der Waals surface area contributed by atoms with Gasteiger partial charge in [0.25, 0.3) is 0 Å². The summed E-state index contributed by atoms with van der Waals surface area (Å²) in [5.74, 6) is 0.565. The van der Waals surface area contributed by atoms with Gasteiger partial charge < -0.3 is 14.3 Å². The lowest BCUT2D eigenvalue weighted by Gasteiger charge is -2.23. The van der Waals surface area contributed by atoms with Crippen LogP contribution in [-0.4, -0.2) is 16.4 Å². The van der Waals surface area contributed by atoms with Gasteiger partial charge in [-0.3, -0.25) is 0 Å². The van der Waals surface area contributed by atoms with Crippen molar-refractivity contribution < 1.29 is 14.3 Å². The first-order chi connectivity index (χ1) is 5.81. The maximum atomic E-state index is 8.50. The fourth-order valence-electron chi connectivity index (χ4n) is 1.48. The number of hydrogen-bond donors (Lipinski definition) is 2. The predicted molar refractivity (Wildman–Crippen MR) is 55.2 cm³/mol. The molecule has 2 N–H and O–H groups in total. The summed E-state index contributed by atoms with van der Waals surface area (Å²) in [6, 6.07) is 0. The highest BCUT2D eigenvalue weighted by atomic mass is 31.2. The van der Waals surface area contributed by atoms with Crippen LogP contribution in [-0.2, 0) is 4.52 Å². The third kappa shape index (κ3) is 10.2. The van der Waals surface area contributed by atoms with Crippen molar-refractivity contribution in [3.63, 3.8) is 0 Å².